The Labute approximate surface area is 128 Å². The highest BCUT2D eigenvalue weighted by molar-refractivity contribution is 6.32. The van der Waals surface area contributed by atoms with Crippen molar-refractivity contribution in [2.24, 2.45) is 17.3 Å². The first-order valence-corrected chi connectivity index (χ1v) is 8.10. The summed E-state index contributed by atoms with van der Waals surface area (Å²) in [7, 11) is 0. The van der Waals surface area contributed by atoms with Crippen LogP contribution in [0.15, 0.2) is 12.3 Å². The van der Waals surface area contributed by atoms with Crippen molar-refractivity contribution in [3.63, 3.8) is 0 Å². The number of nitrogens with one attached hydrogen (secondary N) is 1. The van der Waals surface area contributed by atoms with Gasteiger partial charge in [-0.3, -0.25) is 0 Å². The number of halogens is 1. The van der Waals surface area contributed by atoms with E-state index in [1.54, 1.807) is 6.20 Å². The molecule has 0 bridgehead atoms. The number of pyridine rings is 1. The molecule has 1 aromatic heterocycles. The molecule has 3 heteroatoms. The van der Waals surface area contributed by atoms with Crippen LogP contribution in [-0.2, 0) is 0 Å². The summed E-state index contributed by atoms with van der Waals surface area (Å²) < 4.78 is 0. The van der Waals surface area contributed by atoms with Gasteiger partial charge in [-0.15, -0.1) is 0 Å². The van der Waals surface area contributed by atoms with Crippen molar-refractivity contribution in [2.45, 2.75) is 53.4 Å². The molecular formula is C17H27ClN2. The Kier molecular flexibility index (Phi) is 4.95. The van der Waals surface area contributed by atoms with Crippen LogP contribution in [0.25, 0.3) is 0 Å². The Morgan fingerprint density at radius 2 is 1.90 bits per heavy atom. The Morgan fingerprint density at radius 1 is 1.25 bits per heavy atom. The molecule has 1 aromatic rings. The molecule has 1 aliphatic rings. The predicted molar refractivity (Wildman–Crippen MR) is 87.4 cm³/mol. The van der Waals surface area contributed by atoms with Crippen LogP contribution >= 0.6 is 11.6 Å². The van der Waals surface area contributed by atoms with E-state index in [-0.39, 0.29) is 0 Å². The Morgan fingerprint density at radius 3 is 2.45 bits per heavy atom. The Balaban J connectivity index is 1.85. The first-order valence-electron chi connectivity index (χ1n) is 7.73. The van der Waals surface area contributed by atoms with E-state index in [4.69, 9.17) is 11.6 Å². The predicted octanol–water partition coefficient (Wildman–Crippen LogP) is 5.31. The first kappa shape index (κ1) is 15.6. The molecule has 0 saturated heterocycles. The topological polar surface area (TPSA) is 24.9 Å². The summed E-state index contributed by atoms with van der Waals surface area (Å²) in [6.07, 6.45) is 7.13. The van der Waals surface area contributed by atoms with E-state index in [0.717, 1.165) is 24.1 Å². The van der Waals surface area contributed by atoms with E-state index in [1.807, 2.05) is 6.07 Å². The van der Waals surface area contributed by atoms with Gasteiger partial charge in [-0.2, -0.15) is 0 Å². The molecule has 0 aliphatic heterocycles. The fourth-order valence-corrected chi connectivity index (χ4v) is 3.49. The molecule has 2 rings (SSSR count). The normalized spacial score (nSPS) is 23.6. The van der Waals surface area contributed by atoms with Gasteiger partial charge in [0.25, 0.3) is 0 Å². The molecule has 2 nitrogen and oxygen atoms in total. The van der Waals surface area contributed by atoms with Crippen molar-refractivity contribution in [1.82, 2.24) is 4.98 Å². The highest BCUT2D eigenvalue weighted by atomic mass is 35.5. The Hall–Kier alpha value is -0.760. The quantitative estimate of drug-likeness (QED) is 0.764. The summed E-state index contributed by atoms with van der Waals surface area (Å²) in [5.74, 6) is 1.65. The zero-order valence-electron chi connectivity index (χ0n) is 13.2. The third kappa shape index (κ3) is 3.88. The summed E-state index contributed by atoms with van der Waals surface area (Å²) in [5, 5.41) is 4.10. The van der Waals surface area contributed by atoms with E-state index in [9.17, 15) is 0 Å². The lowest BCUT2D eigenvalue weighted by atomic mass is 9.70. The van der Waals surface area contributed by atoms with Crippen LogP contribution < -0.4 is 5.32 Å². The number of nitrogens with zero attached hydrogens (tertiary/aromatic N) is 1. The van der Waals surface area contributed by atoms with Crippen LogP contribution in [0.1, 0.15) is 52.0 Å². The van der Waals surface area contributed by atoms with E-state index in [0.29, 0.717) is 10.6 Å². The molecule has 20 heavy (non-hydrogen) atoms. The largest absolute Gasteiger partial charge is 0.382 e. The summed E-state index contributed by atoms with van der Waals surface area (Å²) in [4.78, 5) is 4.15. The molecule has 0 amide bonds. The van der Waals surface area contributed by atoms with Crippen molar-refractivity contribution >= 4 is 17.3 Å². The number of hydrogen-bond donors (Lipinski definition) is 1. The van der Waals surface area contributed by atoms with Gasteiger partial charge in [0, 0.05) is 12.7 Å². The summed E-state index contributed by atoms with van der Waals surface area (Å²) in [6.45, 7) is 10.2. The molecular weight excluding hydrogens is 268 g/mol. The van der Waals surface area contributed by atoms with Gasteiger partial charge in [0.05, 0.1) is 5.69 Å². The smallest absolute Gasteiger partial charge is 0.152 e. The molecule has 112 valence electrons. The van der Waals surface area contributed by atoms with Crippen molar-refractivity contribution in [3.05, 3.63) is 23.0 Å². The van der Waals surface area contributed by atoms with Crippen LogP contribution in [0.4, 0.5) is 5.69 Å². The maximum atomic E-state index is 6.16. The molecule has 1 heterocycles. The third-order valence-corrected chi connectivity index (χ3v) is 5.04. The number of aromatic nitrogens is 1. The van der Waals surface area contributed by atoms with Crippen LogP contribution in [0, 0.1) is 24.2 Å². The summed E-state index contributed by atoms with van der Waals surface area (Å²) >= 11 is 6.16. The number of rotatable bonds is 3. The molecule has 0 atom stereocenters. The third-order valence-electron chi connectivity index (χ3n) is 4.75. The minimum atomic E-state index is 0.460. The molecule has 0 unspecified atom stereocenters. The van der Waals surface area contributed by atoms with Crippen LogP contribution in [0.3, 0.4) is 0 Å². The SMILES string of the molecule is Cc1ccnc(Cl)c1NCC1CCC(C(C)(C)C)CC1. The average Bonchev–Trinajstić information content (AvgIpc) is 2.37. The number of hydrogen-bond acceptors (Lipinski definition) is 2. The summed E-state index contributed by atoms with van der Waals surface area (Å²) in [6, 6.07) is 2.00. The van der Waals surface area contributed by atoms with Gasteiger partial charge in [0.15, 0.2) is 5.15 Å². The minimum absolute atomic E-state index is 0.460. The second kappa shape index (κ2) is 6.34. The molecule has 1 saturated carbocycles. The second-order valence-electron chi connectivity index (χ2n) is 7.26. The van der Waals surface area contributed by atoms with Gasteiger partial charge >= 0.3 is 0 Å². The monoisotopic (exact) mass is 294 g/mol. The van der Waals surface area contributed by atoms with Gasteiger partial charge in [-0.05, 0) is 61.5 Å². The van der Waals surface area contributed by atoms with E-state index >= 15 is 0 Å². The van der Waals surface area contributed by atoms with Crippen LogP contribution in [0.5, 0.6) is 0 Å². The number of anilines is 1. The van der Waals surface area contributed by atoms with Crippen molar-refractivity contribution < 1.29 is 0 Å². The minimum Gasteiger partial charge on any atom is -0.382 e. The number of aryl methyl sites for hydroxylation is 1. The second-order valence-corrected chi connectivity index (χ2v) is 7.62. The molecule has 1 N–H and O–H groups in total. The van der Waals surface area contributed by atoms with E-state index < -0.39 is 0 Å². The first-order chi connectivity index (χ1) is 9.38. The van der Waals surface area contributed by atoms with Crippen LogP contribution in [-0.4, -0.2) is 11.5 Å². The summed E-state index contributed by atoms with van der Waals surface area (Å²) in [5.41, 5.74) is 2.64. The fourth-order valence-electron chi connectivity index (χ4n) is 3.22. The van der Waals surface area contributed by atoms with Crippen LogP contribution in [0.2, 0.25) is 5.15 Å². The highest BCUT2D eigenvalue weighted by Gasteiger charge is 2.29. The highest BCUT2D eigenvalue weighted by Crippen LogP contribution is 2.39. The van der Waals surface area contributed by atoms with Crippen molar-refractivity contribution in [2.75, 3.05) is 11.9 Å². The molecule has 0 spiro atoms. The van der Waals surface area contributed by atoms with Crippen molar-refractivity contribution in [3.8, 4) is 0 Å². The van der Waals surface area contributed by atoms with E-state index in [2.05, 4.69) is 38.0 Å². The van der Waals surface area contributed by atoms with Gasteiger partial charge in [-0.1, -0.05) is 32.4 Å². The lowest BCUT2D eigenvalue weighted by molar-refractivity contribution is 0.153. The van der Waals surface area contributed by atoms with Gasteiger partial charge < -0.3 is 5.32 Å². The lowest BCUT2D eigenvalue weighted by Crippen LogP contribution is -2.28. The maximum absolute atomic E-state index is 6.16. The van der Waals surface area contributed by atoms with Gasteiger partial charge in [0.1, 0.15) is 0 Å². The standard InChI is InChI=1S/C17H27ClN2/c1-12-9-10-19-16(18)15(12)20-11-13-5-7-14(8-6-13)17(2,3)4/h9-10,13-14,20H,5-8,11H2,1-4H3. The molecule has 1 aliphatic carbocycles. The maximum Gasteiger partial charge on any atom is 0.152 e. The lowest BCUT2D eigenvalue weighted by Gasteiger charge is -2.37. The van der Waals surface area contributed by atoms with Crippen molar-refractivity contribution in [1.29, 1.82) is 0 Å². The average molecular weight is 295 g/mol. The Bertz CT molecular complexity index is 423. The molecule has 0 radical (unpaired) electrons. The zero-order valence-corrected chi connectivity index (χ0v) is 13.9. The van der Waals surface area contributed by atoms with Gasteiger partial charge in [0.2, 0.25) is 0 Å². The fraction of sp³-hybridized carbons (Fsp3) is 0.706. The molecule has 1 fully saturated rings. The van der Waals surface area contributed by atoms with Gasteiger partial charge in [-0.25, -0.2) is 4.98 Å². The molecule has 0 aromatic carbocycles. The zero-order chi connectivity index (χ0) is 14.8. The van der Waals surface area contributed by atoms with E-state index in [1.165, 1.54) is 31.2 Å².